The SMILES string of the molecule is CCC1CCC(n2c(N)nc3ccc(OC)nc32)CC1. The lowest BCUT2D eigenvalue weighted by Crippen LogP contribution is -2.19. The highest BCUT2D eigenvalue weighted by atomic mass is 16.5. The van der Waals surface area contributed by atoms with Gasteiger partial charge in [-0.2, -0.15) is 4.98 Å². The predicted molar refractivity (Wildman–Crippen MR) is 79.8 cm³/mol. The Labute approximate surface area is 119 Å². The fraction of sp³-hybridized carbons (Fsp3) is 0.600. The molecule has 0 radical (unpaired) electrons. The Balaban J connectivity index is 1.96. The molecule has 2 heterocycles. The van der Waals surface area contributed by atoms with Gasteiger partial charge in [0.2, 0.25) is 11.8 Å². The van der Waals surface area contributed by atoms with E-state index in [-0.39, 0.29) is 0 Å². The standard InChI is InChI=1S/C15H22N4O/c1-3-10-4-6-11(7-5-10)19-14-12(17-15(19)16)8-9-13(18-14)20-2/h8-11H,3-7H2,1-2H3,(H2,16,17). The number of hydrogen-bond donors (Lipinski definition) is 1. The van der Waals surface area contributed by atoms with E-state index in [1.54, 1.807) is 7.11 Å². The first kappa shape index (κ1) is 13.2. The van der Waals surface area contributed by atoms with Crippen LogP contribution in [0, 0.1) is 5.92 Å². The van der Waals surface area contributed by atoms with Crippen molar-refractivity contribution in [2.45, 2.75) is 45.1 Å². The van der Waals surface area contributed by atoms with Gasteiger partial charge in [0.15, 0.2) is 5.65 Å². The smallest absolute Gasteiger partial charge is 0.215 e. The lowest BCUT2D eigenvalue weighted by molar-refractivity contribution is 0.274. The predicted octanol–water partition coefficient (Wildman–Crippen LogP) is 3.16. The summed E-state index contributed by atoms with van der Waals surface area (Å²) in [6, 6.07) is 4.17. The van der Waals surface area contributed by atoms with Gasteiger partial charge < -0.3 is 10.5 Å². The summed E-state index contributed by atoms with van der Waals surface area (Å²) in [4.78, 5) is 8.95. The fourth-order valence-electron chi connectivity index (χ4n) is 3.26. The molecule has 0 aromatic carbocycles. The molecule has 5 nitrogen and oxygen atoms in total. The van der Waals surface area contributed by atoms with Gasteiger partial charge in [-0.3, -0.25) is 4.57 Å². The molecule has 0 spiro atoms. The Kier molecular flexibility index (Phi) is 3.51. The van der Waals surface area contributed by atoms with Gasteiger partial charge in [0, 0.05) is 12.1 Å². The van der Waals surface area contributed by atoms with Crippen LogP contribution in [-0.4, -0.2) is 21.6 Å². The third kappa shape index (κ3) is 2.21. The maximum atomic E-state index is 6.11. The second-order valence-electron chi connectivity index (χ2n) is 5.62. The minimum absolute atomic E-state index is 0.419. The number of fused-ring (bicyclic) bond motifs is 1. The Bertz CT molecular complexity index is 599. The Morgan fingerprint density at radius 1 is 1.25 bits per heavy atom. The van der Waals surface area contributed by atoms with Crippen molar-refractivity contribution in [3.8, 4) is 5.88 Å². The van der Waals surface area contributed by atoms with Crippen LogP contribution < -0.4 is 10.5 Å². The molecule has 2 aromatic heterocycles. The third-order valence-corrected chi connectivity index (χ3v) is 4.51. The van der Waals surface area contributed by atoms with E-state index >= 15 is 0 Å². The summed E-state index contributed by atoms with van der Waals surface area (Å²) in [5.41, 5.74) is 7.81. The maximum absolute atomic E-state index is 6.11. The molecule has 1 aliphatic rings. The molecule has 2 aromatic rings. The van der Waals surface area contributed by atoms with Crippen molar-refractivity contribution < 1.29 is 4.74 Å². The number of ether oxygens (including phenoxy) is 1. The average molecular weight is 274 g/mol. The van der Waals surface area contributed by atoms with Crippen LogP contribution in [-0.2, 0) is 0 Å². The molecule has 2 N–H and O–H groups in total. The Morgan fingerprint density at radius 2 is 2.00 bits per heavy atom. The van der Waals surface area contributed by atoms with Crippen LogP contribution in [0.15, 0.2) is 12.1 Å². The van der Waals surface area contributed by atoms with E-state index in [0.717, 1.165) is 29.9 Å². The molecule has 0 unspecified atom stereocenters. The van der Waals surface area contributed by atoms with Crippen LogP contribution in [0.4, 0.5) is 5.95 Å². The van der Waals surface area contributed by atoms with Crippen molar-refractivity contribution in [2.75, 3.05) is 12.8 Å². The summed E-state index contributed by atoms with van der Waals surface area (Å²) in [5.74, 6) is 2.05. The zero-order chi connectivity index (χ0) is 14.1. The monoisotopic (exact) mass is 274 g/mol. The van der Waals surface area contributed by atoms with Crippen LogP contribution in [0.1, 0.15) is 45.1 Å². The van der Waals surface area contributed by atoms with Crippen molar-refractivity contribution >= 4 is 17.1 Å². The van der Waals surface area contributed by atoms with Gasteiger partial charge in [-0.1, -0.05) is 13.3 Å². The molecule has 1 fully saturated rings. The summed E-state index contributed by atoms with van der Waals surface area (Å²) in [5, 5.41) is 0. The molecule has 108 valence electrons. The van der Waals surface area contributed by atoms with Crippen LogP contribution in [0.5, 0.6) is 5.88 Å². The van der Waals surface area contributed by atoms with E-state index in [1.165, 1.54) is 19.3 Å². The van der Waals surface area contributed by atoms with E-state index in [0.29, 0.717) is 17.9 Å². The molecule has 1 aliphatic carbocycles. The number of methoxy groups -OCH3 is 1. The maximum Gasteiger partial charge on any atom is 0.215 e. The van der Waals surface area contributed by atoms with E-state index in [2.05, 4.69) is 21.5 Å². The highest BCUT2D eigenvalue weighted by molar-refractivity contribution is 5.75. The van der Waals surface area contributed by atoms with E-state index in [9.17, 15) is 0 Å². The second-order valence-corrected chi connectivity index (χ2v) is 5.62. The van der Waals surface area contributed by atoms with Crippen molar-refractivity contribution in [2.24, 2.45) is 5.92 Å². The number of nitrogens with two attached hydrogens (primary N) is 1. The van der Waals surface area contributed by atoms with Gasteiger partial charge >= 0.3 is 0 Å². The first-order valence-corrected chi connectivity index (χ1v) is 7.41. The molecule has 0 saturated heterocycles. The topological polar surface area (TPSA) is 66.0 Å². The lowest BCUT2D eigenvalue weighted by atomic mass is 9.84. The lowest BCUT2D eigenvalue weighted by Gasteiger charge is -2.29. The van der Waals surface area contributed by atoms with E-state index < -0.39 is 0 Å². The van der Waals surface area contributed by atoms with Crippen LogP contribution in [0.2, 0.25) is 0 Å². The highest BCUT2D eigenvalue weighted by Crippen LogP contribution is 2.36. The highest BCUT2D eigenvalue weighted by Gasteiger charge is 2.25. The number of imidazole rings is 1. The van der Waals surface area contributed by atoms with Gasteiger partial charge in [-0.15, -0.1) is 0 Å². The van der Waals surface area contributed by atoms with Crippen LogP contribution in [0.3, 0.4) is 0 Å². The summed E-state index contributed by atoms with van der Waals surface area (Å²) in [7, 11) is 1.63. The average Bonchev–Trinajstić information content (AvgIpc) is 2.82. The summed E-state index contributed by atoms with van der Waals surface area (Å²) in [6.07, 6.45) is 6.13. The van der Waals surface area contributed by atoms with Crippen molar-refractivity contribution in [1.82, 2.24) is 14.5 Å². The summed E-state index contributed by atoms with van der Waals surface area (Å²) in [6.45, 7) is 2.28. The molecular weight excluding hydrogens is 252 g/mol. The molecule has 0 atom stereocenters. The second kappa shape index (κ2) is 5.31. The Hall–Kier alpha value is -1.78. The van der Waals surface area contributed by atoms with Gasteiger partial charge in [0.05, 0.1) is 7.11 Å². The summed E-state index contributed by atoms with van der Waals surface area (Å²) < 4.78 is 7.32. The zero-order valence-electron chi connectivity index (χ0n) is 12.2. The van der Waals surface area contributed by atoms with E-state index in [4.69, 9.17) is 10.5 Å². The molecule has 1 saturated carbocycles. The van der Waals surface area contributed by atoms with Crippen molar-refractivity contribution in [1.29, 1.82) is 0 Å². The van der Waals surface area contributed by atoms with E-state index in [1.807, 2.05) is 12.1 Å². The quantitative estimate of drug-likeness (QED) is 0.933. The van der Waals surface area contributed by atoms with Crippen LogP contribution in [0.25, 0.3) is 11.2 Å². The summed E-state index contributed by atoms with van der Waals surface area (Å²) >= 11 is 0. The van der Waals surface area contributed by atoms with Gasteiger partial charge in [0.1, 0.15) is 5.52 Å². The number of hydrogen-bond acceptors (Lipinski definition) is 4. The number of nitrogens with zero attached hydrogens (tertiary/aromatic N) is 3. The number of nitrogen functional groups attached to an aromatic ring is 1. The molecule has 5 heteroatoms. The Morgan fingerprint density at radius 3 is 2.65 bits per heavy atom. The molecule has 20 heavy (non-hydrogen) atoms. The molecule has 0 bridgehead atoms. The molecule has 0 aliphatic heterocycles. The number of aromatic nitrogens is 3. The van der Waals surface area contributed by atoms with Gasteiger partial charge in [-0.25, -0.2) is 4.98 Å². The van der Waals surface area contributed by atoms with Gasteiger partial charge in [-0.05, 0) is 37.7 Å². The number of rotatable bonds is 3. The molecule has 3 rings (SSSR count). The van der Waals surface area contributed by atoms with Crippen molar-refractivity contribution in [3.05, 3.63) is 12.1 Å². The van der Waals surface area contributed by atoms with Crippen molar-refractivity contribution in [3.63, 3.8) is 0 Å². The fourth-order valence-corrected chi connectivity index (χ4v) is 3.26. The largest absolute Gasteiger partial charge is 0.481 e. The molecule has 0 amide bonds. The normalized spacial score (nSPS) is 23.1. The first-order chi connectivity index (χ1) is 9.72. The number of anilines is 1. The minimum atomic E-state index is 0.419. The zero-order valence-corrected chi connectivity index (χ0v) is 12.2. The number of pyridine rings is 1. The van der Waals surface area contributed by atoms with Gasteiger partial charge in [0.25, 0.3) is 0 Å². The third-order valence-electron chi connectivity index (χ3n) is 4.51. The van der Waals surface area contributed by atoms with Crippen LogP contribution >= 0.6 is 0 Å². The minimum Gasteiger partial charge on any atom is -0.481 e. The first-order valence-electron chi connectivity index (χ1n) is 7.41. The molecular formula is C15H22N4O.